The van der Waals surface area contributed by atoms with E-state index in [9.17, 15) is 13.2 Å². The fourth-order valence-electron chi connectivity index (χ4n) is 2.30. The van der Waals surface area contributed by atoms with E-state index < -0.39 is 10.0 Å². The maximum atomic E-state index is 12.8. The predicted octanol–water partition coefficient (Wildman–Crippen LogP) is 4.39. The van der Waals surface area contributed by atoms with Crippen LogP contribution in [-0.4, -0.2) is 31.6 Å². The van der Waals surface area contributed by atoms with Crippen molar-refractivity contribution in [3.63, 3.8) is 0 Å². The molecular weight excluding hydrogens is 464 g/mol. The Balaban J connectivity index is 1.87. The summed E-state index contributed by atoms with van der Waals surface area (Å²) in [5, 5.41) is 10.3. The second kappa shape index (κ2) is 9.50. The molecule has 0 aliphatic heterocycles. The molecule has 0 spiro atoms. The summed E-state index contributed by atoms with van der Waals surface area (Å²) in [6.45, 7) is 3.41. The molecule has 12 heteroatoms. The number of anilines is 2. The summed E-state index contributed by atoms with van der Waals surface area (Å²) < 4.78 is 38.9. The van der Waals surface area contributed by atoms with E-state index in [1.165, 1.54) is 19.2 Å². The highest BCUT2D eigenvalue weighted by atomic mass is 35.5. The van der Waals surface area contributed by atoms with E-state index in [1.807, 2.05) is 0 Å². The third-order valence-corrected chi connectivity index (χ3v) is 6.67. The molecule has 0 saturated carbocycles. The molecule has 0 aliphatic carbocycles. The average molecular weight is 483 g/mol. The Morgan fingerprint density at radius 1 is 1.10 bits per heavy atom. The van der Waals surface area contributed by atoms with Crippen molar-refractivity contribution in [1.82, 2.24) is 10.2 Å². The minimum absolute atomic E-state index is 0.0793. The Morgan fingerprint density at radius 2 is 1.81 bits per heavy atom. The maximum Gasteiger partial charge on any atom is 0.291 e. The zero-order valence-electron chi connectivity index (χ0n) is 16.7. The van der Waals surface area contributed by atoms with Gasteiger partial charge in [-0.1, -0.05) is 48.9 Å². The minimum Gasteiger partial charge on any atom is -0.493 e. The number of hydrogen-bond donors (Lipinski definition) is 2. The van der Waals surface area contributed by atoms with Crippen LogP contribution < -0.4 is 19.5 Å². The molecule has 0 radical (unpaired) electrons. The lowest BCUT2D eigenvalue weighted by Crippen LogP contribution is -2.17. The number of hydrogen-bond acceptors (Lipinski definition) is 8. The Hall–Kier alpha value is -2.89. The number of ether oxygens (including phenoxy) is 2. The smallest absolute Gasteiger partial charge is 0.291 e. The number of aromatic nitrogens is 2. The molecule has 1 aromatic heterocycles. The lowest BCUT2D eigenvalue weighted by Gasteiger charge is -2.14. The van der Waals surface area contributed by atoms with E-state index >= 15 is 0 Å². The third-order valence-electron chi connectivity index (χ3n) is 3.87. The number of carbonyl (C=O) groups is 1. The molecule has 0 fully saturated rings. The van der Waals surface area contributed by atoms with Gasteiger partial charge in [-0.15, -0.1) is 10.2 Å². The third kappa shape index (κ3) is 5.63. The molecular formula is C19H19ClN4O5S2. The number of para-hydroxylation sites is 2. The molecule has 3 rings (SSSR count). The molecule has 164 valence electrons. The maximum absolute atomic E-state index is 12.8. The van der Waals surface area contributed by atoms with Crippen molar-refractivity contribution in [2.45, 2.75) is 18.2 Å². The van der Waals surface area contributed by atoms with Crippen molar-refractivity contribution in [2.75, 3.05) is 17.1 Å². The van der Waals surface area contributed by atoms with E-state index in [4.69, 9.17) is 21.1 Å². The highest BCUT2D eigenvalue weighted by molar-refractivity contribution is 7.94. The fourth-order valence-corrected chi connectivity index (χ4v) is 4.44. The van der Waals surface area contributed by atoms with Crippen LogP contribution in [-0.2, 0) is 14.8 Å². The molecule has 0 saturated heterocycles. The normalized spacial score (nSPS) is 11.3. The van der Waals surface area contributed by atoms with Gasteiger partial charge >= 0.3 is 0 Å². The molecule has 2 aromatic carbocycles. The van der Waals surface area contributed by atoms with Gasteiger partial charge in [-0.05, 0) is 30.3 Å². The number of rotatable bonds is 8. The van der Waals surface area contributed by atoms with Crippen molar-refractivity contribution in [2.24, 2.45) is 5.92 Å². The standard InChI is InChI=1S/C19H19ClN4O5S2/c1-11(2)17(25)21-18-22-23-19(30-18)31(26,27)24-13-10-12(20)8-9-14(13)29-16-7-5-4-6-15(16)28-3/h4-11,24H,1-3H3,(H,21,22,25). The van der Waals surface area contributed by atoms with Gasteiger partial charge in [0.1, 0.15) is 0 Å². The van der Waals surface area contributed by atoms with Crippen molar-refractivity contribution >= 4 is 49.7 Å². The Bertz CT molecular complexity index is 1200. The first kappa shape index (κ1) is 22.8. The van der Waals surface area contributed by atoms with E-state index in [-0.39, 0.29) is 32.7 Å². The van der Waals surface area contributed by atoms with E-state index in [0.717, 1.165) is 11.3 Å². The molecule has 1 heterocycles. The Kier molecular flexibility index (Phi) is 6.98. The molecule has 2 N–H and O–H groups in total. The summed E-state index contributed by atoms with van der Waals surface area (Å²) in [7, 11) is -2.62. The molecule has 0 bridgehead atoms. The SMILES string of the molecule is COc1ccccc1Oc1ccc(Cl)cc1NS(=O)(=O)c1nnc(NC(=O)C(C)C)s1. The number of benzene rings is 2. The lowest BCUT2D eigenvalue weighted by atomic mass is 10.2. The molecule has 0 unspecified atom stereocenters. The van der Waals surface area contributed by atoms with Gasteiger partial charge in [-0.25, -0.2) is 0 Å². The van der Waals surface area contributed by atoms with E-state index in [1.54, 1.807) is 44.2 Å². The predicted molar refractivity (Wildman–Crippen MR) is 119 cm³/mol. The van der Waals surface area contributed by atoms with Crippen LogP contribution in [0.1, 0.15) is 13.8 Å². The van der Waals surface area contributed by atoms with Crippen LogP contribution in [0.4, 0.5) is 10.8 Å². The summed E-state index contributed by atoms with van der Waals surface area (Å²) in [4.78, 5) is 11.8. The molecule has 3 aromatic rings. The zero-order chi connectivity index (χ0) is 22.6. The first-order chi connectivity index (χ1) is 14.7. The number of sulfonamides is 1. The average Bonchev–Trinajstić information content (AvgIpc) is 3.19. The molecule has 0 atom stereocenters. The van der Waals surface area contributed by atoms with Crippen molar-refractivity contribution in [3.05, 3.63) is 47.5 Å². The van der Waals surface area contributed by atoms with Crippen LogP contribution in [0.5, 0.6) is 17.2 Å². The lowest BCUT2D eigenvalue weighted by molar-refractivity contribution is -0.118. The van der Waals surface area contributed by atoms with Crippen LogP contribution in [0.15, 0.2) is 46.8 Å². The summed E-state index contributed by atoms with van der Waals surface area (Å²) in [5.41, 5.74) is 0.0985. The number of nitrogens with one attached hydrogen (secondary N) is 2. The first-order valence-electron chi connectivity index (χ1n) is 8.97. The second-order valence-electron chi connectivity index (χ2n) is 6.52. The topological polar surface area (TPSA) is 120 Å². The first-order valence-corrected chi connectivity index (χ1v) is 11.6. The summed E-state index contributed by atoms with van der Waals surface area (Å²) >= 11 is 6.78. The van der Waals surface area contributed by atoms with Gasteiger partial charge in [0.15, 0.2) is 17.2 Å². The molecule has 0 aliphatic rings. The van der Waals surface area contributed by atoms with Crippen molar-refractivity contribution < 1.29 is 22.7 Å². The highest BCUT2D eigenvalue weighted by Gasteiger charge is 2.23. The number of methoxy groups -OCH3 is 1. The largest absolute Gasteiger partial charge is 0.493 e. The van der Waals surface area contributed by atoms with Gasteiger partial charge in [0.25, 0.3) is 14.4 Å². The number of nitrogens with zero attached hydrogens (tertiary/aromatic N) is 2. The van der Waals surface area contributed by atoms with Gasteiger partial charge in [0, 0.05) is 10.9 Å². The highest BCUT2D eigenvalue weighted by Crippen LogP contribution is 2.37. The molecule has 9 nitrogen and oxygen atoms in total. The fraction of sp³-hybridized carbons (Fsp3) is 0.211. The number of amides is 1. The summed E-state index contributed by atoms with van der Waals surface area (Å²) in [5.74, 6) is 0.484. The van der Waals surface area contributed by atoms with Gasteiger partial charge in [-0.3, -0.25) is 9.52 Å². The zero-order valence-corrected chi connectivity index (χ0v) is 19.1. The van der Waals surface area contributed by atoms with Crippen molar-refractivity contribution in [3.8, 4) is 17.2 Å². The van der Waals surface area contributed by atoms with Gasteiger partial charge in [-0.2, -0.15) is 8.42 Å². The van der Waals surface area contributed by atoms with Gasteiger partial charge in [0.2, 0.25) is 11.0 Å². The van der Waals surface area contributed by atoms with Crippen molar-refractivity contribution in [1.29, 1.82) is 0 Å². The van der Waals surface area contributed by atoms with Crippen LogP contribution in [0.3, 0.4) is 0 Å². The van der Waals surface area contributed by atoms with Gasteiger partial charge < -0.3 is 14.8 Å². The van der Waals surface area contributed by atoms with Crippen LogP contribution >= 0.6 is 22.9 Å². The Morgan fingerprint density at radius 3 is 2.48 bits per heavy atom. The van der Waals surface area contributed by atoms with E-state index in [0.29, 0.717) is 16.5 Å². The summed E-state index contributed by atoms with van der Waals surface area (Å²) in [6.07, 6.45) is 0. The monoisotopic (exact) mass is 482 g/mol. The minimum atomic E-state index is -4.12. The molecule has 31 heavy (non-hydrogen) atoms. The Labute approximate surface area is 188 Å². The van der Waals surface area contributed by atoms with E-state index in [2.05, 4.69) is 20.2 Å². The quantitative estimate of drug-likeness (QED) is 0.457. The number of carbonyl (C=O) groups excluding carboxylic acids is 1. The van der Waals surface area contributed by atoms with Crippen LogP contribution in [0.2, 0.25) is 5.02 Å². The van der Waals surface area contributed by atoms with Crippen LogP contribution in [0, 0.1) is 5.92 Å². The van der Waals surface area contributed by atoms with Crippen LogP contribution in [0.25, 0.3) is 0 Å². The second-order valence-corrected chi connectivity index (χ2v) is 9.79. The summed E-state index contributed by atoms with van der Waals surface area (Å²) in [6, 6.07) is 11.4. The molecule has 1 amide bonds. The van der Waals surface area contributed by atoms with Gasteiger partial charge in [0.05, 0.1) is 12.8 Å². The number of halogens is 1.